The van der Waals surface area contributed by atoms with Crippen LogP contribution in [0.5, 0.6) is 0 Å². The third-order valence-corrected chi connectivity index (χ3v) is 4.50. The number of thioether (sulfide) groups is 1. The molecule has 1 aliphatic heterocycles. The van der Waals surface area contributed by atoms with Crippen LogP contribution in [0.1, 0.15) is 15.9 Å². The highest BCUT2D eigenvalue weighted by atomic mass is 35.5. The zero-order chi connectivity index (χ0) is 18.4. The quantitative estimate of drug-likeness (QED) is 0.817. The summed E-state index contributed by atoms with van der Waals surface area (Å²) in [6.45, 7) is -0.406. The lowest BCUT2D eigenvalue weighted by Gasteiger charge is -2.12. The number of carbonyl (C=O) groups is 2. The first kappa shape index (κ1) is 18.2. The summed E-state index contributed by atoms with van der Waals surface area (Å²) in [5.41, 5.74) is 2.15. The van der Waals surface area contributed by atoms with Gasteiger partial charge in [-0.3, -0.25) is 4.79 Å². The molecule has 0 saturated carbocycles. The van der Waals surface area contributed by atoms with E-state index < -0.39 is 18.5 Å². The number of benzene rings is 2. The number of nitrogens with zero attached hydrogens (tertiary/aromatic N) is 2. The number of rotatable bonds is 4. The van der Waals surface area contributed by atoms with Crippen LogP contribution in [0, 0.1) is 0 Å². The highest BCUT2D eigenvalue weighted by molar-refractivity contribution is 8.14. The van der Waals surface area contributed by atoms with Crippen molar-refractivity contribution in [2.24, 2.45) is 10.2 Å². The number of nitrogens with one attached hydrogen (secondary N) is 1. The first-order valence-corrected chi connectivity index (χ1v) is 9.03. The molecule has 1 N–H and O–H groups in total. The van der Waals surface area contributed by atoms with Gasteiger partial charge < -0.3 is 10.1 Å². The van der Waals surface area contributed by atoms with Crippen molar-refractivity contribution in [1.29, 1.82) is 0 Å². The molecule has 8 heteroatoms. The second-order valence-corrected chi connectivity index (χ2v) is 6.64. The highest BCUT2D eigenvalue weighted by Gasteiger charge is 2.16. The Balaban J connectivity index is 1.51. The van der Waals surface area contributed by atoms with Gasteiger partial charge in [0.1, 0.15) is 0 Å². The van der Waals surface area contributed by atoms with Crippen LogP contribution in [0.4, 0.5) is 0 Å². The molecular weight excluding hydrogens is 374 g/mol. The SMILES string of the molecule is O=C(COC(=O)c1ccc(Cl)cc1)NC1=NN=C(c2ccccc2)CS1. The Kier molecular flexibility index (Phi) is 6.04. The number of carbonyl (C=O) groups excluding carboxylic acids is 2. The number of hydrogen-bond donors (Lipinski definition) is 1. The molecule has 0 fully saturated rings. The summed E-state index contributed by atoms with van der Waals surface area (Å²) in [6.07, 6.45) is 0. The number of amides is 1. The van der Waals surface area contributed by atoms with E-state index in [0.717, 1.165) is 11.3 Å². The van der Waals surface area contributed by atoms with Gasteiger partial charge in [0, 0.05) is 10.8 Å². The van der Waals surface area contributed by atoms with Crippen LogP contribution in [0.15, 0.2) is 64.8 Å². The summed E-state index contributed by atoms with van der Waals surface area (Å²) in [5.74, 6) is -0.482. The summed E-state index contributed by atoms with van der Waals surface area (Å²) in [6, 6.07) is 15.9. The van der Waals surface area contributed by atoms with Crippen molar-refractivity contribution in [2.45, 2.75) is 0 Å². The van der Waals surface area contributed by atoms with Gasteiger partial charge in [-0.05, 0) is 29.8 Å². The van der Waals surface area contributed by atoms with E-state index in [0.29, 0.717) is 21.5 Å². The topological polar surface area (TPSA) is 80.1 Å². The molecule has 1 heterocycles. The van der Waals surface area contributed by atoms with E-state index in [4.69, 9.17) is 16.3 Å². The maximum absolute atomic E-state index is 11.9. The molecule has 132 valence electrons. The van der Waals surface area contributed by atoms with Crippen molar-refractivity contribution in [3.63, 3.8) is 0 Å². The van der Waals surface area contributed by atoms with Crippen molar-refractivity contribution in [3.8, 4) is 0 Å². The molecule has 0 bridgehead atoms. The minimum Gasteiger partial charge on any atom is -0.452 e. The fourth-order valence-electron chi connectivity index (χ4n) is 2.09. The molecule has 1 aliphatic rings. The van der Waals surface area contributed by atoms with Crippen LogP contribution in [0.3, 0.4) is 0 Å². The first-order chi connectivity index (χ1) is 12.6. The number of esters is 1. The molecule has 3 rings (SSSR count). The van der Waals surface area contributed by atoms with Gasteiger partial charge in [-0.1, -0.05) is 53.7 Å². The fourth-order valence-corrected chi connectivity index (χ4v) is 3.00. The summed E-state index contributed by atoms with van der Waals surface area (Å²) >= 11 is 7.12. The lowest BCUT2D eigenvalue weighted by atomic mass is 10.1. The van der Waals surface area contributed by atoms with Gasteiger partial charge in [-0.25, -0.2) is 4.79 Å². The predicted octanol–water partition coefficient (Wildman–Crippen LogP) is 3.12. The maximum atomic E-state index is 11.9. The van der Waals surface area contributed by atoms with Gasteiger partial charge in [-0.2, -0.15) is 5.10 Å². The van der Waals surface area contributed by atoms with E-state index in [1.54, 1.807) is 12.1 Å². The molecule has 0 radical (unpaired) electrons. The molecule has 0 saturated heterocycles. The second kappa shape index (κ2) is 8.64. The van der Waals surface area contributed by atoms with Crippen LogP contribution in [-0.2, 0) is 9.53 Å². The van der Waals surface area contributed by atoms with Crippen molar-refractivity contribution >= 4 is 46.1 Å². The van der Waals surface area contributed by atoms with Gasteiger partial charge in [0.25, 0.3) is 5.91 Å². The number of halogens is 1. The Morgan fingerprint density at radius 2 is 1.81 bits per heavy atom. The molecule has 0 spiro atoms. The third-order valence-electron chi connectivity index (χ3n) is 3.37. The minimum atomic E-state index is -0.598. The van der Waals surface area contributed by atoms with Gasteiger partial charge >= 0.3 is 5.97 Å². The monoisotopic (exact) mass is 387 g/mol. The fraction of sp³-hybridized carbons (Fsp3) is 0.111. The van der Waals surface area contributed by atoms with Crippen LogP contribution in [-0.4, -0.2) is 35.1 Å². The molecule has 0 aliphatic carbocycles. The van der Waals surface area contributed by atoms with Crippen LogP contribution >= 0.6 is 23.4 Å². The van der Waals surface area contributed by atoms with Crippen molar-refractivity contribution < 1.29 is 14.3 Å². The Labute approximate surface area is 159 Å². The van der Waals surface area contributed by atoms with E-state index in [2.05, 4.69) is 15.5 Å². The van der Waals surface area contributed by atoms with Gasteiger partial charge in [0.05, 0.1) is 11.3 Å². The van der Waals surface area contributed by atoms with E-state index in [1.807, 2.05) is 30.3 Å². The van der Waals surface area contributed by atoms with E-state index in [-0.39, 0.29) is 0 Å². The number of hydrogen-bond acceptors (Lipinski definition) is 6. The smallest absolute Gasteiger partial charge is 0.338 e. The Morgan fingerprint density at radius 3 is 2.46 bits per heavy atom. The molecule has 26 heavy (non-hydrogen) atoms. The average molecular weight is 388 g/mol. The molecule has 6 nitrogen and oxygen atoms in total. The van der Waals surface area contributed by atoms with E-state index in [1.165, 1.54) is 23.9 Å². The molecule has 0 atom stereocenters. The molecule has 0 unspecified atom stereocenters. The van der Waals surface area contributed by atoms with Crippen molar-refractivity contribution in [3.05, 3.63) is 70.7 Å². The van der Waals surface area contributed by atoms with Crippen LogP contribution < -0.4 is 5.32 Å². The minimum absolute atomic E-state index is 0.323. The standard InChI is InChI=1S/C18H14ClN3O3S/c19-14-8-6-13(7-9-14)17(24)25-10-16(23)20-18-22-21-15(11-26-18)12-4-2-1-3-5-12/h1-9H,10-11H2,(H,20,22,23). The zero-order valence-corrected chi connectivity index (χ0v) is 15.1. The predicted molar refractivity (Wildman–Crippen MR) is 103 cm³/mol. The zero-order valence-electron chi connectivity index (χ0n) is 13.5. The maximum Gasteiger partial charge on any atom is 0.338 e. The largest absolute Gasteiger partial charge is 0.452 e. The Bertz CT molecular complexity index is 867. The molecule has 1 amide bonds. The van der Waals surface area contributed by atoms with Crippen molar-refractivity contribution in [1.82, 2.24) is 5.32 Å². The van der Waals surface area contributed by atoms with Gasteiger partial charge in [-0.15, -0.1) is 5.10 Å². The number of amidine groups is 1. The highest BCUT2D eigenvalue weighted by Crippen LogP contribution is 2.14. The average Bonchev–Trinajstić information content (AvgIpc) is 2.68. The molecular formula is C18H14ClN3O3S. The molecule has 0 aromatic heterocycles. The van der Waals surface area contributed by atoms with Gasteiger partial charge in [0.2, 0.25) is 0 Å². The number of ether oxygens (including phenoxy) is 1. The lowest BCUT2D eigenvalue weighted by Crippen LogP contribution is -2.34. The van der Waals surface area contributed by atoms with E-state index in [9.17, 15) is 9.59 Å². The third kappa shape index (κ3) is 4.93. The molecule has 2 aromatic rings. The van der Waals surface area contributed by atoms with Gasteiger partial charge in [0.15, 0.2) is 11.8 Å². The van der Waals surface area contributed by atoms with Crippen LogP contribution in [0.25, 0.3) is 0 Å². The summed E-state index contributed by atoms with van der Waals surface area (Å²) in [5, 5.41) is 11.6. The Hall–Kier alpha value is -2.64. The first-order valence-electron chi connectivity index (χ1n) is 7.67. The summed E-state index contributed by atoms with van der Waals surface area (Å²) < 4.78 is 4.97. The summed E-state index contributed by atoms with van der Waals surface area (Å²) in [4.78, 5) is 23.8. The Morgan fingerprint density at radius 1 is 1.08 bits per heavy atom. The van der Waals surface area contributed by atoms with Crippen LogP contribution in [0.2, 0.25) is 5.02 Å². The van der Waals surface area contributed by atoms with Crippen molar-refractivity contribution in [2.75, 3.05) is 12.4 Å². The lowest BCUT2D eigenvalue weighted by molar-refractivity contribution is -0.122. The second-order valence-electron chi connectivity index (χ2n) is 5.24. The molecule has 2 aromatic carbocycles. The van der Waals surface area contributed by atoms with E-state index >= 15 is 0 Å². The summed E-state index contributed by atoms with van der Waals surface area (Å²) in [7, 11) is 0. The normalized spacial score (nSPS) is 13.4.